The van der Waals surface area contributed by atoms with Gasteiger partial charge in [-0.1, -0.05) is 18.2 Å². The molecule has 3 rings (SSSR count). The van der Waals surface area contributed by atoms with Crippen LogP contribution in [0.4, 0.5) is 0 Å². The van der Waals surface area contributed by atoms with Crippen LogP contribution in [-0.2, 0) is 11.3 Å². The van der Waals surface area contributed by atoms with Crippen molar-refractivity contribution in [3.05, 3.63) is 54.4 Å². The van der Waals surface area contributed by atoms with E-state index in [0.29, 0.717) is 5.92 Å². The smallest absolute Gasteiger partial charge is 0.216 e. The van der Waals surface area contributed by atoms with Gasteiger partial charge >= 0.3 is 0 Å². The summed E-state index contributed by atoms with van der Waals surface area (Å²) in [5, 5.41) is 2.93. The molecular weight excluding hydrogens is 314 g/mol. The Morgan fingerprint density at radius 1 is 1.24 bits per heavy atom. The zero-order valence-corrected chi connectivity index (χ0v) is 14.6. The van der Waals surface area contributed by atoms with Crippen LogP contribution >= 0.6 is 0 Å². The van der Waals surface area contributed by atoms with E-state index >= 15 is 0 Å². The third-order valence-corrected chi connectivity index (χ3v) is 4.58. The van der Waals surface area contributed by atoms with Gasteiger partial charge in [0.2, 0.25) is 5.91 Å². The Morgan fingerprint density at radius 2 is 2.04 bits per heavy atom. The Balaban J connectivity index is 1.56. The van der Waals surface area contributed by atoms with Crippen molar-refractivity contribution < 1.29 is 9.53 Å². The van der Waals surface area contributed by atoms with Crippen molar-refractivity contribution >= 4 is 5.91 Å². The van der Waals surface area contributed by atoms with Crippen molar-refractivity contribution in [3.63, 3.8) is 0 Å². The van der Waals surface area contributed by atoms with E-state index in [1.807, 2.05) is 24.3 Å². The maximum absolute atomic E-state index is 11.0. The fourth-order valence-corrected chi connectivity index (χ4v) is 3.15. The maximum Gasteiger partial charge on any atom is 0.216 e. The van der Waals surface area contributed by atoms with E-state index in [2.05, 4.69) is 27.3 Å². The molecule has 1 aromatic heterocycles. The van der Waals surface area contributed by atoms with Gasteiger partial charge in [-0.15, -0.1) is 0 Å². The van der Waals surface area contributed by atoms with Gasteiger partial charge in [-0.2, -0.15) is 0 Å². The lowest BCUT2D eigenvalue weighted by Gasteiger charge is -2.32. The lowest BCUT2D eigenvalue weighted by Crippen LogP contribution is -2.37. The summed E-state index contributed by atoms with van der Waals surface area (Å²) in [5.41, 5.74) is 1.19. The number of benzene rings is 1. The van der Waals surface area contributed by atoms with E-state index in [1.54, 1.807) is 19.3 Å². The Labute approximate surface area is 149 Å². The van der Waals surface area contributed by atoms with Gasteiger partial charge in [-0.25, -0.2) is 0 Å². The SMILES string of the molecule is CC(=O)NCC1CCN(Cc2ccccc2Oc2cccnc2)CC1. The van der Waals surface area contributed by atoms with Gasteiger partial charge in [0.15, 0.2) is 0 Å². The number of aromatic nitrogens is 1. The van der Waals surface area contributed by atoms with Gasteiger partial charge in [0.1, 0.15) is 11.5 Å². The number of hydrogen-bond donors (Lipinski definition) is 1. The van der Waals surface area contributed by atoms with Crippen LogP contribution in [0.15, 0.2) is 48.8 Å². The van der Waals surface area contributed by atoms with Crippen LogP contribution in [-0.4, -0.2) is 35.4 Å². The molecule has 0 bridgehead atoms. The number of likely N-dealkylation sites (tertiary alicyclic amines) is 1. The second-order valence-corrected chi connectivity index (χ2v) is 6.56. The zero-order chi connectivity index (χ0) is 17.5. The molecule has 0 radical (unpaired) electrons. The van der Waals surface area contributed by atoms with E-state index in [1.165, 1.54) is 5.56 Å². The van der Waals surface area contributed by atoms with Crippen molar-refractivity contribution in [1.82, 2.24) is 15.2 Å². The first-order chi connectivity index (χ1) is 12.2. The third-order valence-electron chi connectivity index (χ3n) is 4.58. The van der Waals surface area contributed by atoms with Crippen LogP contribution in [0, 0.1) is 5.92 Å². The summed E-state index contributed by atoms with van der Waals surface area (Å²) >= 11 is 0. The topological polar surface area (TPSA) is 54.5 Å². The fourth-order valence-electron chi connectivity index (χ4n) is 3.15. The minimum atomic E-state index is 0.0592. The predicted molar refractivity (Wildman–Crippen MR) is 97.4 cm³/mol. The van der Waals surface area contributed by atoms with Crippen LogP contribution < -0.4 is 10.1 Å². The van der Waals surface area contributed by atoms with E-state index < -0.39 is 0 Å². The Bertz CT molecular complexity index is 682. The molecule has 2 aromatic rings. The summed E-state index contributed by atoms with van der Waals surface area (Å²) < 4.78 is 6.00. The van der Waals surface area contributed by atoms with Gasteiger partial charge in [-0.05, 0) is 50.0 Å². The van der Waals surface area contributed by atoms with E-state index in [0.717, 1.165) is 50.5 Å². The number of ether oxygens (including phenoxy) is 1. The number of amides is 1. The van der Waals surface area contributed by atoms with E-state index in [4.69, 9.17) is 4.74 Å². The molecule has 0 unspecified atom stereocenters. The molecular formula is C20H25N3O2. The first kappa shape index (κ1) is 17.4. The molecule has 1 saturated heterocycles. The largest absolute Gasteiger partial charge is 0.455 e. The van der Waals surface area contributed by atoms with Gasteiger partial charge in [0.25, 0.3) is 0 Å². The molecule has 5 heteroatoms. The standard InChI is InChI=1S/C20H25N3O2/c1-16(24)22-13-17-8-11-23(12-9-17)15-18-5-2-3-7-20(18)25-19-6-4-10-21-14-19/h2-7,10,14,17H,8-9,11-13,15H2,1H3,(H,22,24). The van der Waals surface area contributed by atoms with Crippen molar-refractivity contribution in [3.8, 4) is 11.5 Å². The summed E-state index contributed by atoms with van der Waals surface area (Å²) in [6.07, 6.45) is 5.70. The average molecular weight is 339 g/mol. The molecule has 0 aliphatic carbocycles. The van der Waals surface area contributed by atoms with Crippen LogP contribution in [0.25, 0.3) is 0 Å². The normalized spacial score (nSPS) is 15.7. The summed E-state index contributed by atoms with van der Waals surface area (Å²) in [5.74, 6) is 2.28. The number of nitrogens with one attached hydrogen (secondary N) is 1. The lowest BCUT2D eigenvalue weighted by molar-refractivity contribution is -0.119. The number of piperidine rings is 1. The molecule has 132 valence electrons. The van der Waals surface area contributed by atoms with Crippen LogP contribution in [0.2, 0.25) is 0 Å². The Kier molecular flexibility index (Phi) is 6.01. The quantitative estimate of drug-likeness (QED) is 0.878. The molecule has 1 aliphatic rings. The maximum atomic E-state index is 11.0. The monoisotopic (exact) mass is 339 g/mol. The van der Waals surface area contributed by atoms with Gasteiger partial charge < -0.3 is 10.1 Å². The van der Waals surface area contributed by atoms with Crippen LogP contribution in [0.1, 0.15) is 25.3 Å². The molecule has 1 aromatic carbocycles. The summed E-state index contributed by atoms with van der Waals surface area (Å²) in [7, 11) is 0. The number of carbonyl (C=O) groups is 1. The molecule has 1 N–H and O–H groups in total. The molecule has 5 nitrogen and oxygen atoms in total. The number of hydrogen-bond acceptors (Lipinski definition) is 4. The number of carbonyl (C=O) groups excluding carboxylic acids is 1. The Hall–Kier alpha value is -2.40. The predicted octanol–water partition coefficient (Wildman–Crippen LogP) is 3.22. The van der Waals surface area contributed by atoms with Crippen molar-refractivity contribution in [2.24, 2.45) is 5.92 Å². The first-order valence-electron chi connectivity index (χ1n) is 8.83. The van der Waals surface area contributed by atoms with Crippen molar-refractivity contribution in [2.75, 3.05) is 19.6 Å². The van der Waals surface area contributed by atoms with Gasteiger partial charge in [0.05, 0.1) is 6.20 Å². The molecule has 1 amide bonds. The molecule has 0 saturated carbocycles. The van der Waals surface area contributed by atoms with Crippen molar-refractivity contribution in [2.45, 2.75) is 26.3 Å². The molecule has 0 atom stereocenters. The fraction of sp³-hybridized carbons (Fsp3) is 0.400. The van der Waals surface area contributed by atoms with E-state index in [9.17, 15) is 4.79 Å². The second kappa shape index (κ2) is 8.62. The van der Waals surface area contributed by atoms with Crippen LogP contribution in [0.5, 0.6) is 11.5 Å². The number of pyridine rings is 1. The summed E-state index contributed by atoms with van der Waals surface area (Å²) in [6, 6.07) is 12.0. The van der Waals surface area contributed by atoms with E-state index in [-0.39, 0.29) is 5.91 Å². The first-order valence-corrected chi connectivity index (χ1v) is 8.83. The summed E-state index contributed by atoms with van der Waals surface area (Å²) in [4.78, 5) is 17.6. The lowest BCUT2D eigenvalue weighted by atomic mass is 9.96. The second-order valence-electron chi connectivity index (χ2n) is 6.56. The number of nitrogens with zero attached hydrogens (tertiary/aromatic N) is 2. The minimum absolute atomic E-state index is 0.0592. The van der Waals surface area contributed by atoms with Crippen molar-refractivity contribution in [1.29, 1.82) is 0 Å². The molecule has 1 fully saturated rings. The van der Waals surface area contributed by atoms with Gasteiger partial charge in [0, 0.05) is 31.8 Å². The highest BCUT2D eigenvalue weighted by Crippen LogP contribution is 2.27. The molecule has 1 aliphatic heterocycles. The Morgan fingerprint density at radius 3 is 2.76 bits per heavy atom. The number of para-hydroxylation sites is 1. The highest BCUT2D eigenvalue weighted by molar-refractivity contribution is 5.72. The molecule has 25 heavy (non-hydrogen) atoms. The summed E-state index contributed by atoms with van der Waals surface area (Å²) in [6.45, 7) is 5.35. The average Bonchev–Trinajstić information content (AvgIpc) is 2.63. The number of rotatable bonds is 6. The third kappa shape index (κ3) is 5.29. The molecule has 0 spiro atoms. The highest BCUT2D eigenvalue weighted by Gasteiger charge is 2.20. The van der Waals surface area contributed by atoms with Crippen LogP contribution in [0.3, 0.4) is 0 Å². The zero-order valence-electron chi connectivity index (χ0n) is 14.6. The van der Waals surface area contributed by atoms with Gasteiger partial charge in [-0.3, -0.25) is 14.7 Å². The molecule has 2 heterocycles. The minimum Gasteiger partial charge on any atom is -0.455 e. The highest BCUT2D eigenvalue weighted by atomic mass is 16.5.